The first-order valence-electron chi connectivity index (χ1n) is 4.42. The molecule has 0 spiro atoms. The van der Waals surface area contributed by atoms with Gasteiger partial charge in [0.05, 0.1) is 0 Å². The van der Waals surface area contributed by atoms with Crippen LogP contribution in [0.5, 0.6) is 0 Å². The fourth-order valence-corrected chi connectivity index (χ4v) is 1.22. The van der Waals surface area contributed by atoms with Gasteiger partial charge in [0.2, 0.25) is 11.6 Å². The molecule has 2 rings (SSSR count). The lowest BCUT2D eigenvalue weighted by molar-refractivity contribution is 0.222. The quantitative estimate of drug-likeness (QED) is 0.512. The first-order chi connectivity index (χ1) is 8.47. The summed E-state index contributed by atoms with van der Waals surface area (Å²) in [6.45, 7) is -0.734. The van der Waals surface area contributed by atoms with E-state index in [0.717, 1.165) is 0 Å². The maximum atomic E-state index is 13.3. The van der Waals surface area contributed by atoms with E-state index in [0.29, 0.717) is 0 Å². The van der Waals surface area contributed by atoms with Crippen molar-refractivity contribution >= 4 is 0 Å². The minimum Gasteiger partial charge on any atom is -0.387 e. The number of halogens is 5. The molecule has 96 valence electrons. The van der Waals surface area contributed by atoms with Crippen LogP contribution < -0.4 is 0 Å². The summed E-state index contributed by atoms with van der Waals surface area (Å²) in [5, 5.41) is 11.6. The molecule has 18 heavy (non-hydrogen) atoms. The van der Waals surface area contributed by atoms with E-state index in [2.05, 4.69) is 14.7 Å². The molecule has 2 aromatic rings. The van der Waals surface area contributed by atoms with E-state index in [4.69, 9.17) is 5.11 Å². The third-order valence-corrected chi connectivity index (χ3v) is 2.04. The van der Waals surface area contributed by atoms with Gasteiger partial charge in [0.25, 0.3) is 5.89 Å². The van der Waals surface area contributed by atoms with Crippen molar-refractivity contribution in [3.8, 4) is 11.4 Å². The number of nitrogens with zero attached hydrogens (tertiary/aromatic N) is 2. The molecule has 0 unspecified atom stereocenters. The Morgan fingerprint density at radius 1 is 0.889 bits per heavy atom. The highest BCUT2D eigenvalue weighted by molar-refractivity contribution is 5.56. The Bertz CT molecular complexity index is 584. The normalized spacial score (nSPS) is 11.0. The number of hydrogen-bond donors (Lipinski definition) is 1. The zero-order valence-electron chi connectivity index (χ0n) is 8.35. The molecular formula is C9H3F5N2O2. The molecule has 1 N–H and O–H groups in total. The van der Waals surface area contributed by atoms with Crippen molar-refractivity contribution in [1.82, 2.24) is 10.1 Å². The average molecular weight is 266 g/mol. The van der Waals surface area contributed by atoms with Crippen LogP contribution in [0.15, 0.2) is 4.52 Å². The molecule has 9 heteroatoms. The molecule has 0 aliphatic carbocycles. The monoisotopic (exact) mass is 266 g/mol. The summed E-state index contributed by atoms with van der Waals surface area (Å²) < 4.78 is 69.4. The second-order valence-electron chi connectivity index (χ2n) is 3.11. The molecule has 0 amide bonds. The molecule has 0 bridgehead atoms. The van der Waals surface area contributed by atoms with Crippen molar-refractivity contribution in [2.75, 3.05) is 0 Å². The Morgan fingerprint density at radius 3 is 1.83 bits per heavy atom. The smallest absolute Gasteiger partial charge is 0.252 e. The van der Waals surface area contributed by atoms with Gasteiger partial charge in [0.1, 0.15) is 12.2 Å². The first kappa shape index (κ1) is 12.4. The lowest BCUT2D eigenvalue weighted by Crippen LogP contribution is -2.04. The van der Waals surface area contributed by atoms with E-state index in [9.17, 15) is 22.0 Å². The van der Waals surface area contributed by atoms with E-state index in [1.807, 2.05) is 0 Å². The van der Waals surface area contributed by atoms with Gasteiger partial charge in [-0.2, -0.15) is 4.98 Å². The van der Waals surface area contributed by atoms with Gasteiger partial charge in [0.15, 0.2) is 23.3 Å². The van der Waals surface area contributed by atoms with Gasteiger partial charge in [-0.1, -0.05) is 5.16 Å². The molecule has 0 atom stereocenters. The van der Waals surface area contributed by atoms with Gasteiger partial charge in [-0.25, -0.2) is 22.0 Å². The van der Waals surface area contributed by atoms with E-state index in [1.54, 1.807) is 0 Å². The predicted octanol–water partition coefficient (Wildman–Crippen LogP) is 1.92. The van der Waals surface area contributed by atoms with Gasteiger partial charge in [-0.3, -0.25) is 0 Å². The van der Waals surface area contributed by atoms with Crippen LogP contribution in [0.4, 0.5) is 22.0 Å². The van der Waals surface area contributed by atoms with Crippen molar-refractivity contribution in [1.29, 1.82) is 0 Å². The summed E-state index contributed by atoms with van der Waals surface area (Å²) in [7, 11) is 0. The largest absolute Gasteiger partial charge is 0.387 e. The van der Waals surface area contributed by atoms with Crippen LogP contribution in [0.3, 0.4) is 0 Å². The maximum absolute atomic E-state index is 13.3. The third-order valence-electron chi connectivity index (χ3n) is 2.04. The van der Waals surface area contributed by atoms with Crippen molar-refractivity contribution in [3.05, 3.63) is 35.0 Å². The first-order valence-corrected chi connectivity index (χ1v) is 4.42. The lowest BCUT2D eigenvalue weighted by Gasteiger charge is -2.03. The Labute approximate surface area is 95.7 Å². The van der Waals surface area contributed by atoms with E-state index in [-0.39, 0.29) is 0 Å². The van der Waals surface area contributed by atoms with Crippen LogP contribution in [-0.2, 0) is 6.61 Å². The summed E-state index contributed by atoms with van der Waals surface area (Å²) in [4.78, 5) is 3.27. The van der Waals surface area contributed by atoms with Crippen LogP contribution >= 0.6 is 0 Å². The summed E-state index contributed by atoms with van der Waals surface area (Å²) >= 11 is 0. The molecule has 0 radical (unpaired) electrons. The van der Waals surface area contributed by atoms with Gasteiger partial charge >= 0.3 is 0 Å². The van der Waals surface area contributed by atoms with Crippen LogP contribution in [0, 0.1) is 29.1 Å². The van der Waals surface area contributed by atoms with Crippen LogP contribution in [0.1, 0.15) is 5.89 Å². The van der Waals surface area contributed by atoms with E-state index in [1.165, 1.54) is 0 Å². The molecular weight excluding hydrogens is 263 g/mol. The van der Waals surface area contributed by atoms with Crippen molar-refractivity contribution in [2.24, 2.45) is 0 Å². The van der Waals surface area contributed by atoms with Gasteiger partial charge < -0.3 is 9.63 Å². The molecule has 0 fully saturated rings. The Hall–Kier alpha value is -2.03. The second kappa shape index (κ2) is 4.33. The predicted molar refractivity (Wildman–Crippen MR) is 45.4 cm³/mol. The highest BCUT2D eigenvalue weighted by Gasteiger charge is 2.29. The van der Waals surface area contributed by atoms with Crippen molar-refractivity contribution in [3.63, 3.8) is 0 Å². The minimum atomic E-state index is -2.28. The number of rotatable bonds is 2. The zero-order valence-corrected chi connectivity index (χ0v) is 8.35. The Balaban J connectivity index is 2.71. The number of hydrogen-bond acceptors (Lipinski definition) is 4. The zero-order chi connectivity index (χ0) is 13.4. The Kier molecular flexibility index (Phi) is 2.99. The fraction of sp³-hybridized carbons (Fsp3) is 0.111. The fourth-order valence-electron chi connectivity index (χ4n) is 1.22. The van der Waals surface area contributed by atoms with Crippen LogP contribution in [-0.4, -0.2) is 15.2 Å². The van der Waals surface area contributed by atoms with Gasteiger partial charge in [-0.05, 0) is 0 Å². The number of benzene rings is 1. The minimum absolute atomic E-state index is 0.422. The summed E-state index contributed by atoms with van der Waals surface area (Å²) in [5.41, 5.74) is -1.31. The molecule has 1 heterocycles. The third kappa shape index (κ3) is 1.72. The van der Waals surface area contributed by atoms with Crippen molar-refractivity contribution in [2.45, 2.75) is 6.61 Å². The molecule has 4 nitrogen and oxygen atoms in total. The molecule has 0 aliphatic rings. The second-order valence-corrected chi connectivity index (χ2v) is 3.11. The summed E-state index contributed by atoms with van der Waals surface area (Å²) in [5.74, 6) is -11.9. The number of aromatic nitrogens is 2. The Morgan fingerprint density at radius 2 is 1.39 bits per heavy atom. The van der Waals surface area contributed by atoms with Crippen LogP contribution in [0.2, 0.25) is 0 Å². The van der Waals surface area contributed by atoms with Crippen LogP contribution in [0.25, 0.3) is 11.4 Å². The number of aliphatic hydroxyl groups excluding tert-OH is 1. The average Bonchev–Trinajstić information content (AvgIpc) is 2.83. The molecule has 1 aromatic carbocycles. The topological polar surface area (TPSA) is 59.2 Å². The molecule has 0 saturated heterocycles. The maximum Gasteiger partial charge on any atom is 0.252 e. The summed E-state index contributed by atoms with van der Waals surface area (Å²) in [6, 6.07) is 0. The van der Waals surface area contributed by atoms with Gasteiger partial charge in [0, 0.05) is 0 Å². The number of aliphatic hydroxyl groups is 1. The van der Waals surface area contributed by atoms with E-state index >= 15 is 0 Å². The molecule has 0 saturated carbocycles. The summed E-state index contributed by atoms with van der Waals surface area (Å²) in [6.07, 6.45) is 0. The lowest BCUT2D eigenvalue weighted by atomic mass is 10.1. The molecule has 1 aromatic heterocycles. The highest BCUT2D eigenvalue weighted by Crippen LogP contribution is 2.29. The molecule has 0 aliphatic heterocycles. The van der Waals surface area contributed by atoms with Gasteiger partial charge in [-0.15, -0.1) is 0 Å². The van der Waals surface area contributed by atoms with Crippen molar-refractivity contribution < 1.29 is 31.6 Å². The van der Waals surface area contributed by atoms with E-state index < -0.39 is 53.0 Å². The standard InChI is InChI=1S/C9H3F5N2O2/c10-4-3(9-15-2(1-17)18-16-9)5(11)7(13)8(14)6(4)12/h17H,1H2. The highest BCUT2D eigenvalue weighted by atomic mass is 19.2. The SMILES string of the molecule is OCc1nc(-c2c(F)c(F)c(F)c(F)c2F)no1.